The molecule has 1 aromatic heterocycles. The number of hydrogen-bond donors (Lipinski definition) is 1. The van der Waals surface area contributed by atoms with Crippen LogP contribution in [0.4, 0.5) is 0 Å². The van der Waals surface area contributed by atoms with E-state index in [1.54, 1.807) is 25.1 Å². The number of nitriles is 1. The molecule has 1 heterocycles. The van der Waals surface area contributed by atoms with Crippen molar-refractivity contribution in [1.29, 1.82) is 5.26 Å². The van der Waals surface area contributed by atoms with Gasteiger partial charge in [-0.3, -0.25) is 9.89 Å². The van der Waals surface area contributed by atoms with E-state index in [9.17, 15) is 9.59 Å². The summed E-state index contributed by atoms with van der Waals surface area (Å²) in [4.78, 5) is 23.7. The highest BCUT2D eigenvalue weighted by molar-refractivity contribution is 6.07. The summed E-state index contributed by atoms with van der Waals surface area (Å²) in [5.41, 5.74) is 1.46. The van der Waals surface area contributed by atoms with E-state index in [4.69, 9.17) is 10.00 Å². The van der Waals surface area contributed by atoms with Gasteiger partial charge in [0, 0.05) is 11.1 Å². The quantitative estimate of drug-likeness (QED) is 0.519. The number of esters is 1. The molecule has 0 spiro atoms. The van der Waals surface area contributed by atoms with Crippen molar-refractivity contribution < 1.29 is 14.3 Å². The maximum atomic E-state index is 12.1. The fourth-order valence-electron chi connectivity index (χ4n) is 1.79. The molecule has 6 heteroatoms. The van der Waals surface area contributed by atoms with Gasteiger partial charge in [0.1, 0.15) is 0 Å². The molecule has 2 aromatic rings. The van der Waals surface area contributed by atoms with Gasteiger partial charge >= 0.3 is 5.97 Å². The van der Waals surface area contributed by atoms with Gasteiger partial charge in [0.15, 0.2) is 11.5 Å². The van der Waals surface area contributed by atoms with Crippen LogP contribution in [0.3, 0.4) is 0 Å². The molecule has 1 N–H and O–H groups in total. The molecule has 0 amide bonds. The van der Waals surface area contributed by atoms with E-state index in [1.165, 1.54) is 24.4 Å². The van der Waals surface area contributed by atoms with Crippen molar-refractivity contribution in [2.45, 2.75) is 6.92 Å². The smallest absolute Gasteiger partial charge is 0.356 e. The molecular formula is C16H13N3O3. The summed E-state index contributed by atoms with van der Waals surface area (Å²) < 4.78 is 4.88. The summed E-state index contributed by atoms with van der Waals surface area (Å²) in [6.45, 7) is 1.95. The Morgan fingerprint density at radius 2 is 2.27 bits per heavy atom. The molecule has 0 aliphatic carbocycles. The molecule has 0 saturated carbocycles. The number of allylic oxidation sites excluding steroid dienone is 1. The molecule has 1 aromatic carbocycles. The van der Waals surface area contributed by atoms with Crippen LogP contribution in [0.5, 0.6) is 0 Å². The number of aromatic amines is 1. The Morgan fingerprint density at radius 1 is 1.45 bits per heavy atom. The summed E-state index contributed by atoms with van der Waals surface area (Å²) in [5.74, 6) is -0.799. The Hall–Kier alpha value is -3.20. The van der Waals surface area contributed by atoms with Crippen LogP contribution in [-0.2, 0) is 4.74 Å². The zero-order valence-electron chi connectivity index (χ0n) is 11.9. The van der Waals surface area contributed by atoms with Gasteiger partial charge in [-0.25, -0.2) is 4.79 Å². The lowest BCUT2D eigenvalue weighted by molar-refractivity contribution is 0.0519. The zero-order chi connectivity index (χ0) is 15.9. The second-order valence-corrected chi connectivity index (χ2v) is 4.31. The molecule has 0 atom stereocenters. The van der Waals surface area contributed by atoms with Gasteiger partial charge < -0.3 is 4.74 Å². The number of ketones is 1. The number of nitrogens with zero attached hydrogens (tertiary/aromatic N) is 2. The first kappa shape index (κ1) is 15.2. The second kappa shape index (κ2) is 6.99. The highest BCUT2D eigenvalue weighted by Crippen LogP contribution is 2.11. The predicted octanol–water partition coefficient (Wildman–Crippen LogP) is 2.35. The normalized spacial score (nSPS) is 10.4. The Balaban J connectivity index is 2.18. The van der Waals surface area contributed by atoms with Crippen LogP contribution in [0.15, 0.2) is 36.5 Å². The van der Waals surface area contributed by atoms with Crippen molar-refractivity contribution in [1.82, 2.24) is 10.2 Å². The van der Waals surface area contributed by atoms with E-state index in [1.807, 2.05) is 6.07 Å². The predicted molar refractivity (Wildman–Crippen MR) is 79.1 cm³/mol. The van der Waals surface area contributed by atoms with Crippen LogP contribution in [0, 0.1) is 11.3 Å². The van der Waals surface area contributed by atoms with Gasteiger partial charge in [-0.1, -0.05) is 12.1 Å². The van der Waals surface area contributed by atoms with E-state index >= 15 is 0 Å². The van der Waals surface area contributed by atoms with Gasteiger partial charge in [0.25, 0.3) is 0 Å². The number of carbonyl (C=O) groups excluding carboxylic acids is 2. The highest BCUT2D eigenvalue weighted by Gasteiger charge is 2.13. The average molecular weight is 295 g/mol. The van der Waals surface area contributed by atoms with Gasteiger partial charge in [0.2, 0.25) is 0 Å². The maximum absolute atomic E-state index is 12.1. The van der Waals surface area contributed by atoms with E-state index in [2.05, 4.69) is 10.2 Å². The molecule has 6 nitrogen and oxygen atoms in total. The third-order valence-corrected chi connectivity index (χ3v) is 2.84. The van der Waals surface area contributed by atoms with Crippen LogP contribution >= 0.6 is 0 Å². The Labute approximate surface area is 127 Å². The number of ether oxygens (including phenoxy) is 1. The lowest BCUT2D eigenvalue weighted by Crippen LogP contribution is -2.06. The monoisotopic (exact) mass is 295 g/mol. The van der Waals surface area contributed by atoms with Crippen LogP contribution in [0.2, 0.25) is 0 Å². The Bertz CT molecular complexity index is 769. The number of rotatable bonds is 5. The molecular weight excluding hydrogens is 282 g/mol. The molecule has 110 valence electrons. The van der Waals surface area contributed by atoms with Crippen LogP contribution in [0.25, 0.3) is 6.08 Å². The molecule has 0 bridgehead atoms. The summed E-state index contributed by atoms with van der Waals surface area (Å²) in [7, 11) is 0. The molecule has 0 saturated heterocycles. The average Bonchev–Trinajstić information content (AvgIpc) is 3.01. The third kappa shape index (κ3) is 3.46. The minimum absolute atomic E-state index is 0.191. The number of benzene rings is 1. The van der Waals surface area contributed by atoms with E-state index < -0.39 is 5.97 Å². The lowest BCUT2D eigenvalue weighted by atomic mass is 10.1. The van der Waals surface area contributed by atoms with E-state index in [0.717, 1.165) is 0 Å². The van der Waals surface area contributed by atoms with Gasteiger partial charge in [-0.05, 0) is 31.2 Å². The van der Waals surface area contributed by atoms with E-state index in [-0.39, 0.29) is 18.1 Å². The molecule has 0 aliphatic rings. The third-order valence-electron chi connectivity index (χ3n) is 2.84. The first-order valence-electron chi connectivity index (χ1n) is 6.58. The van der Waals surface area contributed by atoms with Gasteiger partial charge in [0.05, 0.1) is 24.4 Å². The van der Waals surface area contributed by atoms with Gasteiger partial charge in [-0.15, -0.1) is 0 Å². The van der Waals surface area contributed by atoms with Crippen molar-refractivity contribution >= 4 is 17.8 Å². The lowest BCUT2D eigenvalue weighted by Gasteiger charge is -1.99. The standard InChI is InChI=1S/C16H13N3O3/c1-2-22-16(21)15-13(10-18-19-15)6-7-14(20)12-5-3-4-11(8-12)9-17/h3-8,10H,2H2,1H3,(H,18,19)/b7-6+. The SMILES string of the molecule is CCOC(=O)c1[nH]ncc1/C=C/C(=O)c1cccc(C#N)c1. The minimum Gasteiger partial charge on any atom is -0.461 e. The summed E-state index contributed by atoms with van der Waals surface area (Å²) in [6, 6.07) is 8.37. The number of nitrogens with one attached hydrogen (secondary N) is 1. The molecule has 0 unspecified atom stereocenters. The van der Waals surface area contributed by atoms with Crippen LogP contribution < -0.4 is 0 Å². The summed E-state index contributed by atoms with van der Waals surface area (Å²) in [6.07, 6.45) is 4.24. The van der Waals surface area contributed by atoms with Crippen molar-refractivity contribution in [3.63, 3.8) is 0 Å². The fraction of sp³-hybridized carbons (Fsp3) is 0.125. The second-order valence-electron chi connectivity index (χ2n) is 4.31. The number of H-pyrrole nitrogens is 1. The first-order chi connectivity index (χ1) is 10.7. The largest absolute Gasteiger partial charge is 0.461 e. The van der Waals surface area contributed by atoms with Crippen molar-refractivity contribution in [3.05, 3.63) is 58.9 Å². The summed E-state index contributed by atoms with van der Waals surface area (Å²) >= 11 is 0. The molecule has 22 heavy (non-hydrogen) atoms. The van der Waals surface area contributed by atoms with Crippen molar-refractivity contribution in [2.75, 3.05) is 6.61 Å². The maximum Gasteiger partial charge on any atom is 0.356 e. The fourth-order valence-corrected chi connectivity index (χ4v) is 1.79. The summed E-state index contributed by atoms with van der Waals surface area (Å²) in [5, 5.41) is 15.1. The zero-order valence-corrected chi connectivity index (χ0v) is 11.9. The number of aromatic nitrogens is 2. The van der Waals surface area contributed by atoms with Crippen LogP contribution in [-0.4, -0.2) is 28.6 Å². The minimum atomic E-state index is -0.529. The molecule has 0 fully saturated rings. The molecule has 0 radical (unpaired) electrons. The topological polar surface area (TPSA) is 95.8 Å². The molecule has 2 rings (SSSR count). The first-order valence-corrected chi connectivity index (χ1v) is 6.58. The number of carbonyl (C=O) groups is 2. The molecule has 0 aliphatic heterocycles. The number of hydrogen-bond acceptors (Lipinski definition) is 5. The van der Waals surface area contributed by atoms with E-state index in [0.29, 0.717) is 16.7 Å². The Kier molecular flexibility index (Phi) is 4.83. The highest BCUT2D eigenvalue weighted by atomic mass is 16.5. The Morgan fingerprint density at radius 3 is 3.00 bits per heavy atom. The van der Waals surface area contributed by atoms with Crippen molar-refractivity contribution in [2.24, 2.45) is 0 Å². The van der Waals surface area contributed by atoms with Crippen LogP contribution in [0.1, 0.15) is 38.9 Å². The van der Waals surface area contributed by atoms with Gasteiger partial charge in [-0.2, -0.15) is 10.4 Å². The van der Waals surface area contributed by atoms with Crippen molar-refractivity contribution in [3.8, 4) is 6.07 Å².